The first-order chi connectivity index (χ1) is 4.70. The van der Waals surface area contributed by atoms with Gasteiger partial charge in [-0.2, -0.15) is 0 Å². The molecule has 4 N–H and O–H groups in total. The van der Waals surface area contributed by atoms with Gasteiger partial charge in [-0.15, -0.1) is 0 Å². The molecule has 0 saturated heterocycles. The Kier molecular flexibility index (Phi) is 6.37. The summed E-state index contributed by atoms with van der Waals surface area (Å²) in [6, 6.07) is 8.45. The minimum Gasteiger partial charge on any atom is -0.412 e. The number of anilines is 1. The molecule has 0 bridgehead atoms. The lowest BCUT2D eigenvalue weighted by Crippen LogP contribution is -2.11. The molecule has 0 aliphatic rings. The van der Waals surface area contributed by atoms with Gasteiger partial charge in [0.2, 0.25) is 0 Å². The third kappa shape index (κ3) is 3.41. The minimum atomic E-state index is 0. The van der Waals surface area contributed by atoms with Crippen molar-refractivity contribution in [1.29, 1.82) is 0 Å². The summed E-state index contributed by atoms with van der Waals surface area (Å²) in [5.74, 6) is 0. The van der Waals surface area contributed by atoms with E-state index in [1.807, 2.05) is 0 Å². The van der Waals surface area contributed by atoms with Crippen LogP contribution >= 0.6 is 0 Å². The summed E-state index contributed by atoms with van der Waals surface area (Å²) in [4.78, 5) is 2.10. The van der Waals surface area contributed by atoms with Crippen molar-refractivity contribution in [1.82, 2.24) is 0 Å². The Morgan fingerprint density at radius 2 is 1.75 bits per heavy atom. The highest BCUT2D eigenvalue weighted by atomic mass is 16.0. The van der Waals surface area contributed by atoms with Gasteiger partial charge >= 0.3 is 0 Å². The van der Waals surface area contributed by atoms with E-state index in [0.29, 0.717) is 0 Å². The third-order valence-electron chi connectivity index (χ3n) is 1.52. The fraction of sp³-hybridized carbons (Fsp3) is 0.250. The van der Waals surface area contributed by atoms with E-state index >= 15 is 0 Å². The highest BCUT2D eigenvalue weighted by molar-refractivity contribution is 6.32. The van der Waals surface area contributed by atoms with Crippen LogP contribution in [0.25, 0.3) is 0 Å². The van der Waals surface area contributed by atoms with E-state index < -0.39 is 0 Å². The highest BCUT2D eigenvalue weighted by Gasteiger charge is 1.91. The Bertz CT molecular complexity index is 228. The molecular weight excluding hydrogens is 153 g/mol. The SMILES string of the molecule is Bc1cccc(N(C)C)c1.O.O. The van der Waals surface area contributed by atoms with Crippen LogP contribution in [0, 0.1) is 0 Å². The maximum atomic E-state index is 2.17. The smallest absolute Gasteiger partial charge is 0.139 e. The summed E-state index contributed by atoms with van der Waals surface area (Å²) in [5, 5.41) is 0. The molecule has 4 heteroatoms. The van der Waals surface area contributed by atoms with Crippen LogP contribution in [0.4, 0.5) is 5.69 Å². The van der Waals surface area contributed by atoms with Crippen LogP contribution in [0.1, 0.15) is 0 Å². The summed E-state index contributed by atoms with van der Waals surface area (Å²) in [7, 11) is 6.20. The maximum Gasteiger partial charge on any atom is 0.139 e. The minimum absolute atomic E-state index is 0. The Morgan fingerprint density at radius 3 is 2.08 bits per heavy atom. The quantitative estimate of drug-likeness (QED) is 0.465. The summed E-state index contributed by atoms with van der Waals surface area (Å²) >= 11 is 0. The van der Waals surface area contributed by atoms with Crippen molar-refractivity contribution in [2.24, 2.45) is 0 Å². The fourth-order valence-corrected chi connectivity index (χ4v) is 0.906. The van der Waals surface area contributed by atoms with E-state index in [0.717, 1.165) is 0 Å². The molecule has 1 rings (SSSR count). The van der Waals surface area contributed by atoms with E-state index in [1.54, 1.807) is 0 Å². The van der Waals surface area contributed by atoms with Crippen molar-refractivity contribution in [3.8, 4) is 0 Å². The molecule has 0 aliphatic carbocycles. The first-order valence-corrected chi connectivity index (χ1v) is 3.44. The van der Waals surface area contributed by atoms with Crippen LogP contribution < -0.4 is 10.4 Å². The van der Waals surface area contributed by atoms with Gasteiger partial charge in [-0.05, 0) is 12.1 Å². The summed E-state index contributed by atoms with van der Waals surface area (Å²) in [6.45, 7) is 0. The summed E-state index contributed by atoms with van der Waals surface area (Å²) in [6.07, 6.45) is 0. The molecule has 0 atom stereocenters. The lowest BCUT2D eigenvalue weighted by molar-refractivity contribution is 0.823. The van der Waals surface area contributed by atoms with Gasteiger partial charge in [-0.3, -0.25) is 0 Å². The zero-order valence-corrected chi connectivity index (χ0v) is 7.76. The number of hydrogen-bond acceptors (Lipinski definition) is 1. The van der Waals surface area contributed by atoms with Gasteiger partial charge in [0.05, 0.1) is 0 Å². The largest absolute Gasteiger partial charge is 0.412 e. The zero-order valence-electron chi connectivity index (χ0n) is 7.76. The molecule has 0 fully saturated rings. The molecule has 0 saturated carbocycles. The van der Waals surface area contributed by atoms with E-state index in [2.05, 4.69) is 51.1 Å². The molecule has 0 aliphatic heterocycles. The normalized spacial score (nSPS) is 7.83. The molecule has 0 heterocycles. The van der Waals surface area contributed by atoms with Crippen LogP contribution in [0.2, 0.25) is 0 Å². The van der Waals surface area contributed by atoms with E-state index in [-0.39, 0.29) is 11.0 Å². The first kappa shape index (κ1) is 13.6. The fourth-order valence-electron chi connectivity index (χ4n) is 0.906. The second-order valence-corrected chi connectivity index (χ2v) is 2.73. The van der Waals surface area contributed by atoms with Crippen molar-refractivity contribution in [2.75, 3.05) is 19.0 Å². The second-order valence-electron chi connectivity index (χ2n) is 2.73. The molecule has 68 valence electrons. The van der Waals surface area contributed by atoms with Crippen molar-refractivity contribution in [3.63, 3.8) is 0 Å². The molecule has 0 amide bonds. The van der Waals surface area contributed by atoms with Crippen LogP contribution in [0.15, 0.2) is 24.3 Å². The van der Waals surface area contributed by atoms with E-state index in [4.69, 9.17) is 0 Å². The van der Waals surface area contributed by atoms with Crippen molar-refractivity contribution in [3.05, 3.63) is 24.3 Å². The van der Waals surface area contributed by atoms with Crippen LogP contribution in [0.3, 0.4) is 0 Å². The first-order valence-electron chi connectivity index (χ1n) is 3.44. The average Bonchev–Trinajstić information content (AvgIpc) is 1.88. The molecule has 3 nitrogen and oxygen atoms in total. The lowest BCUT2D eigenvalue weighted by atomic mass is 9.96. The number of rotatable bonds is 1. The van der Waals surface area contributed by atoms with Gasteiger partial charge in [0.25, 0.3) is 0 Å². The number of hydrogen-bond donors (Lipinski definition) is 0. The van der Waals surface area contributed by atoms with Crippen LogP contribution in [-0.2, 0) is 0 Å². The molecule has 1 aromatic rings. The Balaban J connectivity index is 0. The van der Waals surface area contributed by atoms with Gasteiger partial charge in [0.1, 0.15) is 7.85 Å². The second kappa shape index (κ2) is 5.63. The van der Waals surface area contributed by atoms with Crippen molar-refractivity contribution >= 4 is 19.0 Å². The van der Waals surface area contributed by atoms with E-state index in [1.165, 1.54) is 11.2 Å². The van der Waals surface area contributed by atoms with Crippen LogP contribution in [-0.4, -0.2) is 32.9 Å². The molecule has 1 aromatic carbocycles. The predicted octanol–water partition coefficient (Wildman–Crippen LogP) is -1.64. The highest BCUT2D eigenvalue weighted by Crippen LogP contribution is 2.05. The monoisotopic (exact) mass is 169 g/mol. The molecule has 0 aromatic heterocycles. The molecule has 0 spiro atoms. The molecule has 12 heavy (non-hydrogen) atoms. The molecule has 0 radical (unpaired) electrons. The predicted molar refractivity (Wildman–Crippen MR) is 56.2 cm³/mol. The van der Waals surface area contributed by atoms with Crippen molar-refractivity contribution < 1.29 is 11.0 Å². The van der Waals surface area contributed by atoms with Gasteiger partial charge in [-0.1, -0.05) is 17.6 Å². The van der Waals surface area contributed by atoms with Crippen LogP contribution in [0.5, 0.6) is 0 Å². The Hall–Kier alpha value is -0.995. The molecule has 0 unspecified atom stereocenters. The molecular formula is C8H16BNO2. The maximum absolute atomic E-state index is 2.17. The van der Waals surface area contributed by atoms with Gasteiger partial charge in [0, 0.05) is 19.8 Å². The number of nitrogens with zero attached hydrogens (tertiary/aromatic N) is 1. The standard InChI is InChI=1S/C8H12BN.2H2O/c1-10(2)8-5-3-4-7(9)6-8;;/h3-6H,9H2,1-2H3;2*1H2. The summed E-state index contributed by atoms with van der Waals surface area (Å²) < 4.78 is 0. The summed E-state index contributed by atoms with van der Waals surface area (Å²) in [5.41, 5.74) is 2.58. The van der Waals surface area contributed by atoms with Gasteiger partial charge < -0.3 is 15.9 Å². The number of benzene rings is 1. The zero-order chi connectivity index (χ0) is 7.56. The van der Waals surface area contributed by atoms with Gasteiger partial charge in [-0.25, -0.2) is 0 Å². The Labute approximate surface area is 74.0 Å². The topological polar surface area (TPSA) is 66.2 Å². The third-order valence-corrected chi connectivity index (χ3v) is 1.52. The van der Waals surface area contributed by atoms with Crippen molar-refractivity contribution in [2.45, 2.75) is 0 Å². The average molecular weight is 169 g/mol. The van der Waals surface area contributed by atoms with E-state index in [9.17, 15) is 0 Å². The Morgan fingerprint density at radius 1 is 1.17 bits per heavy atom. The lowest BCUT2D eigenvalue weighted by Gasteiger charge is -2.12. The van der Waals surface area contributed by atoms with Gasteiger partial charge in [0.15, 0.2) is 0 Å².